The van der Waals surface area contributed by atoms with Crippen LogP contribution in [0.2, 0.25) is 0 Å². The molecule has 19 heavy (non-hydrogen) atoms. The molecule has 0 radical (unpaired) electrons. The van der Waals surface area contributed by atoms with Crippen molar-refractivity contribution in [2.24, 2.45) is 5.92 Å². The standard InChI is InChI=1S/C16H17NO2/c1-11(12-6-7-12)17-16(18)9-8-14-10-13-4-2-3-5-15(13)19-14/h2-5,8-12H,6-7H2,1H3,(H,17,18)/b9-8+. The minimum absolute atomic E-state index is 0.0557. The number of hydrogen-bond acceptors (Lipinski definition) is 2. The summed E-state index contributed by atoms with van der Waals surface area (Å²) in [4.78, 5) is 11.7. The molecule has 0 saturated heterocycles. The van der Waals surface area contributed by atoms with E-state index >= 15 is 0 Å². The predicted octanol–water partition coefficient (Wildman–Crippen LogP) is 3.36. The molecule has 3 heteroatoms. The van der Waals surface area contributed by atoms with Crippen LogP contribution in [0.4, 0.5) is 0 Å². The highest BCUT2D eigenvalue weighted by atomic mass is 16.3. The molecule has 1 fully saturated rings. The lowest BCUT2D eigenvalue weighted by molar-refractivity contribution is -0.117. The zero-order valence-electron chi connectivity index (χ0n) is 10.9. The predicted molar refractivity (Wildman–Crippen MR) is 75.6 cm³/mol. The van der Waals surface area contributed by atoms with Crippen LogP contribution in [0, 0.1) is 5.92 Å². The Hall–Kier alpha value is -2.03. The fourth-order valence-electron chi connectivity index (χ4n) is 2.23. The first-order chi connectivity index (χ1) is 9.22. The quantitative estimate of drug-likeness (QED) is 0.851. The Bertz CT molecular complexity index is 589. The zero-order valence-corrected chi connectivity index (χ0v) is 10.9. The fourth-order valence-corrected chi connectivity index (χ4v) is 2.23. The highest BCUT2D eigenvalue weighted by molar-refractivity contribution is 5.92. The molecule has 0 bridgehead atoms. The van der Waals surface area contributed by atoms with Crippen LogP contribution in [0.1, 0.15) is 25.5 Å². The van der Waals surface area contributed by atoms with Crippen LogP contribution < -0.4 is 5.32 Å². The average molecular weight is 255 g/mol. The Morgan fingerprint density at radius 1 is 1.42 bits per heavy atom. The van der Waals surface area contributed by atoms with Crippen LogP contribution in [0.3, 0.4) is 0 Å². The van der Waals surface area contributed by atoms with Gasteiger partial charge in [0, 0.05) is 17.5 Å². The SMILES string of the molecule is CC(NC(=O)/C=C/c1cc2ccccc2o1)C1CC1. The maximum Gasteiger partial charge on any atom is 0.244 e. The van der Waals surface area contributed by atoms with E-state index in [2.05, 4.69) is 12.2 Å². The van der Waals surface area contributed by atoms with E-state index in [1.54, 1.807) is 6.08 Å². The third-order valence-electron chi connectivity index (χ3n) is 3.54. The van der Waals surface area contributed by atoms with Gasteiger partial charge in [-0.25, -0.2) is 0 Å². The number of benzene rings is 1. The number of nitrogens with one attached hydrogen (secondary N) is 1. The van der Waals surface area contributed by atoms with Crippen molar-refractivity contribution < 1.29 is 9.21 Å². The maximum atomic E-state index is 11.7. The third kappa shape index (κ3) is 2.87. The van der Waals surface area contributed by atoms with Crippen molar-refractivity contribution in [3.8, 4) is 0 Å². The molecule has 2 aromatic rings. The lowest BCUT2D eigenvalue weighted by atomic mass is 10.2. The van der Waals surface area contributed by atoms with Crippen LogP contribution in [0.25, 0.3) is 17.0 Å². The molecular weight excluding hydrogens is 238 g/mol. The van der Waals surface area contributed by atoms with Crippen LogP contribution in [-0.4, -0.2) is 11.9 Å². The van der Waals surface area contributed by atoms with Crippen molar-refractivity contribution in [3.05, 3.63) is 42.2 Å². The van der Waals surface area contributed by atoms with Crippen molar-refractivity contribution in [1.29, 1.82) is 0 Å². The van der Waals surface area contributed by atoms with E-state index in [9.17, 15) is 4.79 Å². The maximum absolute atomic E-state index is 11.7. The number of rotatable bonds is 4. The Kier molecular flexibility index (Phi) is 3.11. The van der Waals surface area contributed by atoms with Crippen molar-refractivity contribution in [2.45, 2.75) is 25.8 Å². The van der Waals surface area contributed by atoms with Gasteiger partial charge in [0.25, 0.3) is 0 Å². The summed E-state index contributed by atoms with van der Waals surface area (Å²) in [5.41, 5.74) is 0.842. The first-order valence-corrected chi connectivity index (χ1v) is 6.69. The smallest absolute Gasteiger partial charge is 0.244 e. The van der Waals surface area contributed by atoms with Crippen LogP contribution in [0.15, 0.2) is 40.8 Å². The minimum Gasteiger partial charge on any atom is -0.457 e. The number of carbonyl (C=O) groups is 1. The molecule has 1 aromatic carbocycles. The number of hydrogen-bond donors (Lipinski definition) is 1. The molecule has 1 aliphatic carbocycles. The second-order valence-corrected chi connectivity index (χ2v) is 5.15. The Morgan fingerprint density at radius 2 is 2.21 bits per heavy atom. The van der Waals surface area contributed by atoms with Crippen LogP contribution in [0.5, 0.6) is 0 Å². The lowest BCUT2D eigenvalue weighted by Gasteiger charge is -2.09. The largest absolute Gasteiger partial charge is 0.457 e. The fraction of sp³-hybridized carbons (Fsp3) is 0.312. The van der Waals surface area contributed by atoms with Gasteiger partial charge in [0.15, 0.2) is 0 Å². The Morgan fingerprint density at radius 3 is 2.95 bits per heavy atom. The van der Waals surface area contributed by atoms with Gasteiger partial charge in [-0.3, -0.25) is 4.79 Å². The van der Waals surface area contributed by atoms with E-state index in [1.165, 1.54) is 18.9 Å². The molecule has 1 heterocycles. The summed E-state index contributed by atoms with van der Waals surface area (Å²) in [6, 6.07) is 10.0. The van der Waals surface area contributed by atoms with Gasteiger partial charge in [-0.15, -0.1) is 0 Å². The summed E-state index contributed by atoms with van der Waals surface area (Å²) in [5, 5.41) is 4.03. The molecule has 1 amide bonds. The van der Waals surface area contributed by atoms with Crippen molar-refractivity contribution in [1.82, 2.24) is 5.32 Å². The molecule has 1 atom stereocenters. The van der Waals surface area contributed by atoms with Gasteiger partial charge in [-0.2, -0.15) is 0 Å². The number of fused-ring (bicyclic) bond motifs is 1. The van der Waals surface area contributed by atoms with Gasteiger partial charge in [-0.05, 0) is 43.9 Å². The zero-order chi connectivity index (χ0) is 13.2. The molecule has 1 aliphatic rings. The van der Waals surface area contributed by atoms with Gasteiger partial charge < -0.3 is 9.73 Å². The summed E-state index contributed by atoms with van der Waals surface area (Å²) < 4.78 is 5.62. The molecule has 0 aliphatic heterocycles. The molecule has 98 valence electrons. The van der Waals surface area contributed by atoms with Crippen molar-refractivity contribution >= 4 is 23.0 Å². The second-order valence-electron chi connectivity index (χ2n) is 5.15. The number of para-hydroxylation sites is 1. The van der Waals surface area contributed by atoms with Crippen molar-refractivity contribution in [2.75, 3.05) is 0 Å². The van der Waals surface area contributed by atoms with E-state index < -0.39 is 0 Å². The molecule has 3 rings (SSSR count). The highest BCUT2D eigenvalue weighted by Gasteiger charge is 2.28. The summed E-state index contributed by atoms with van der Waals surface area (Å²) in [6.07, 6.45) is 5.72. The Balaban J connectivity index is 1.66. The normalized spacial score (nSPS) is 16.9. The van der Waals surface area contributed by atoms with E-state index in [4.69, 9.17) is 4.42 Å². The second kappa shape index (κ2) is 4.92. The lowest BCUT2D eigenvalue weighted by Crippen LogP contribution is -2.32. The molecule has 3 nitrogen and oxygen atoms in total. The van der Waals surface area contributed by atoms with Gasteiger partial charge >= 0.3 is 0 Å². The van der Waals surface area contributed by atoms with E-state index in [-0.39, 0.29) is 11.9 Å². The first-order valence-electron chi connectivity index (χ1n) is 6.69. The monoisotopic (exact) mass is 255 g/mol. The molecule has 1 saturated carbocycles. The van der Waals surface area contributed by atoms with E-state index in [1.807, 2.05) is 30.3 Å². The van der Waals surface area contributed by atoms with Gasteiger partial charge in [0.05, 0.1) is 0 Å². The average Bonchev–Trinajstić information content (AvgIpc) is 3.16. The first kappa shape index (κ1) is 12.0. The molecular formula is C16H17NO2. The van der Waals surface area contributed by atoms with E-state index in [0.29, 0.717) is 11.7 Å². The van der Waals surface area contributed by atoms with Gasteiger partial charge in [-0.1, -0.05) is 18.2 Å². The van der Waals surface area contributed by atoms with E-state index in [0.717, 1.165) is 11.0 Å². The summed E-state index contributed by atoms with van der Waals surface area (Å²) in [7, 11) is 0. The van der Waals surface area contributed by atoms with Crippen LogP contribution >= 0.6 is 0 Å². The summed E-state index contributed by atoms with van der Waals surface area (Å²) in [6.45, 7) is 2.06. The molecule has 0 spiro atoms. The van der Waals surface area contributed by atoms with Gasteiger partial charge in [0.2, 0.25) is 5.91 Å². The molecule has 1 aromatic heterocycles. The number of amides is 1. The van der Waals surface area contributed by atoms with Gasteiger partial charge in [0.1, 0.15) is 11.3 Å². The highest BCUT2D eigenvalue weighted by Crippen LogP contribution is 2.32. The Labute approximate surface area is 112 Å². The summed E-state index contributed by atoms with van der Waals surface area (Å²) >= 11 is 0. The number of furan rings is 1. The molecule has 1 N–H and O–H groups in total. The summed E-state index contributed by atoms with van der Waals surface area (Å²) in [5.74, 6) is 1.32. The van der Waals surface area contributed by atoms with Crippen LogP contribution in [-0.2, 0) is 4.79 Å². The number of carbonyl (C=O) groups excluding carboxylic acids is 1. The van der Waals surface area contributed by atoms with Crippen molar-refractivity contribution in [3.63, 3.8) is 0 Å². The topological polar surface area (TPSA) is 42.2 Å². The minimum atomic E-state index is -0.0557. The molecule has 1 unspecified atom stereocenters. The third-order valence-corrected chi connectivity index (χ3v) is 3.54.